The summed E-state index contributed by atoms with van der Waals surface area (Å²) < 4.78 is 0. The summed E-state index contributed by atoms with van der Waals surface area (Å²) in [5.74, 6) is 0.176. The number of hydrogen-bond donors (Lipinski definition) is 2. The molecule has 1 rings (SSSR count). The number of rotatable bonds is 0. The van der Waals surface area contributed by atoms with Gasteiger partial charge in [-0.05, 0) is 5.21 Å². The Kier molecular flexibility index (Phi) is 2.44. The van der Waals surface area contributed by atoms with Crippen LogP contribution in [0.3, 0.4) is 0 Å². The summed E-state index contributed by atoms with van der Waals surface area (Å²) in [6, 6.07) is 0. The van der Waals surface area contributed by atoms with Gasteiger partial charge >= 0.3 is 19.5 Å². The van der Waals surface area contributed by atoms with Crippen molar-refractivity contribution >= 4 is 5.95 Å². The zero-order valence-corrected chi connectivity index (χ0v) is 6.59. The number of aromatic amines is 1. The van der Waals surface area contributed by atoms with Crippen molar-refractivity contribution in [2.75, 3.05) is 5.73 Å². The molecular formula is CH3N5Zn+2. The molecule has 0 aromatic carbocycles. The zero-order valence-electron chi connectivity index (χ0n) is 3.63. The molecule has 3 N–H and O–H groups in total. The third-order valence-electron chi connectivity index (χ3n) is 0.362. The SMILES string of the molecule is Nc1nn[nH]n1.[Zn+2]. The number of tetrazole rings is 1. The summed E-state index contributed by atoms with van der Waals surface area (Å²) in [5, 5.41) is 12.0. The molecule has 5 nitrogen and oxygen atoms in total. The maximum absolute atomic E-state index is 4.96. The molecule has 1 aromatic heterocycles. The van der Waals surface area contributed by atoms with Crippen molar-refractivity contribution in [1.29, 1.82) is 0 Å². The minimum Gasteiger partial charge on any atom is -0.365 e. The van der Waals surface area contributed by atoms with E-state index in [0.717, 1.165) is 0 Å². The monoisotopic (exact) mass is 149 g/mol. The molecule has 0 radical (unpaired) electrons. The molecule has 6 heteroatoms. The van der Waals surface area contributed by atoms with Crippen LogP contribution in [0, 0.1) is 0 Å². The third kappa shape index (κ3) is 1.59. The van der Waals surface area contributed by atoms with Crippen LogP contribution < -0.4 is 5.73 Å². The Bertz CT molecular complexity index is 112. The van der Waals surface area contributed by atoms with E-state index in [1.54, 1.807) is 0 Å². The molecule has 0 aliphatic heterocycles. The molecule has 7 heavy (non-hydrogen) atoms. The van der Waals surface area contributed by atoms with Gasteiger partial charge in [0.05, 0.1) is 0 Å². The van der Waals surface area contributed by atoms with Gasteiger partial charge < -0.3 is 5.73 Å². The summed E-state index contributed by atoms with van der Waals surface area (Å²) >= 11 is 0. The first-order valence-electron chi connectivity index (χ1n) is 1.38. The Morgan fingerprint density at radius 3 is 2.43 bits per heavy atom. The van der Waals surface area contributed by atoms with Crippen LogP contribution in [0.25, 0.3) is 0 Å². The van der Waals surface area contributed by atoms with Crippen molar-refractivity contribution in [3.8, 4) is 0 Å². The quantitative estimate of drug-likeness (QED) is 0.454. The second-order valence-electron chi connectivity index (χ2n) is 0.770. The van der Waals surface area contributed by atoms with Crippen LogP contribution in [0.4, 0.5) is 5.95 Å². The van der Waals surface area contributed by atoms with Crippen LogP contribution in [0.5, 0.6) is 0 Å². The number of nitrogen functional groups attached to an aromatic ring is 1. The van der Waals surface area contributed by atoms with E-state index in [4.69, 9.17) is 5.73 Å². The number of nitrogens with one attached hydrogen (secondary N) is 1. The van der Waals surface area contributed by atoms with Gasteiger partial charge in [-0.2, -0.15) is 5.21 Å². The largest absolute Gasteiger partial charge is 2.00 e. The Balaban J connectivity index is 0.000000360. The molecule has 0 bridgehead atoms. The molecule has 0 fully saturated rings. The van der Waals surface area contributed by atoms with E-state index in [1.807, 2.05) is 0 Å². The minimum atomic E-state index is 0. The Morgan fingerprint density at radius 2 is 2.29 bits per heavy atom. The van der Waals surface area contributed by atoms with E-state index in [1.165, 1.54) is 0 Å². The van der Waals surface area contributed by atoms with Crippen LogP contribution in [0.15, 0.2) is 0 Å². The fraction of sp³-hybridized carbons (Fsp3) is 0. The van der Waals surface area contributed by atoms with E-state index in [2.05, 4.69) is 20.6 Å². The van der Waals surface area contributed by atoms with Gasteiger partial charge in [-0.15, -0.1) is 5.10 Å². The van der Waals surface area contributed by atoms with Gasteiger partial charge in [-0.1, -0.05) is 5.10 Å². The van der Waals surface area contributed by atoms with E-state index in [-0.39, 0.29) is 25.4 Å². The molecule has 32 valence electrons. The Hall–Kier alpha value is -0.507. The molecule has 0 atom stereocenters. The first-order valence-corrected chi connectivity index (χ1v) is 1.38. The smallest absolute Gasteiger partial charge is 0.365 e. The normalized spacial score (nSPS) is 7.43. The van der Waals surface area contributed by atoms with Gasteiger partial charge in [0, 0.05) is 0 Å². The molecule has 1 heterocycles. The second-order valence-corrected chi connectivity index (χ2v) is 0.770. The summed E-state index contributed by atoms with van der Waals surface area (Å²) in [7, 11) is 0. The average molecular weight is 150 g/mol. The first-order chi connectivity index (χ1) is 2.89. The van der Waals surface area contributed by atoms with Crippen LogP contribution in [-0.2, 0) is 19.5 Å². The van der Waals surface area contributed by atoms with E-state index < -0.39 is 0 Å². The average Bonchev–Trinajstić information content (AvgIpc) is 1.86. The van der Waals surface area contributed by atoms with Crippen LogP contribution >= 0.6 is 0 Å². The Labute approximate surface area is 52.4 Å². The van der Waals surface area contributed by atoms with Crippen LogP contribution in [0.2, 0.25) is 0 Å². The van der Waals surface area contributed by atoms with Crippen molar-refractivity contribution in [2.24, 2.45) is 0 Å². The Morgan fingerprint density at radius 1 is 1.57 bits per heavy atom. The molecule has 0 saturated carbocycles. The molecule has 0 unspecified atom stereocenters. The van der Waals surface area contributed by atoms with Crippen LogP contribution in [0.1, 0.15) is 0 Å². The molecule has 0 spiro atoms. The van der Waals surface area contributed by atoms with Crippen LogP contribution in [-0.4, -0.2) is 20.6 Å². The number of nitrogens with zero attached hydrogens (tertiary/aromatic N) is 3. The van der Waals surface area contributed by atoms with Gasteiger partial charge in [0.2, 0.25) is 0 Å². The fourth-order valence-corrected chi connectivity index (χ4v) is 0.170. The maximum atomic E-state index is 4.96. The number of hydrogen-bond acceptors (Lipinski definition) is 4. The molecule has 0 saturated heterocycles. The third-order valence-corrected chi connectivity index (χ3v) is 0.362. The summed E-state index contributed by atoms with van der Waals surface area (Å²) in [6.45, 7) is 0. The molecule has 0 aliphatic carbocycles. The minimum absolute atomic E-state index is 0. The number of nitrogens with two attached hydrogens (primary N) is 1. The van der Waals surface area contributed by atoms with Gasteiger partial charge in [-0.3, -0.25) is 0 Å². The van der Waals surface area contributed by atoms with Crippen molar-refractivity contribution in [1.82, 2.24) is 20.6 Å². The second kappa shape index (κ2) is 2.63. The van der Waals surface area contributed by atoms with Gasteiger partial charge in [0.1, 0.15) is 0 Å². The van der Waals surface area contributed by atoms with E-state index in [9.17, 15) is 0 Å². The summed E-state index contributed by atoms with van der Waals surface area (Å²) in [6.07, 6.45) is 0. The van der Waals surface area contributed by atoms with Crippen molar-refractivity contribution in [3.63, 3.8) is 0 Å². The predicted molar refractivity (Wildman–Crippen MR) is 18.6 cm³/mol. The van der Waals surface area contributed by atoms with Gasteiger partial charge in [-0.25, -0.2) is 0 Å². The molecule has 1 aromatic rings. The fourth-order valence-electron chi connectivity index (χ4n) is 0.170. The molecule has 0 aliphatic rings. The van der Waals surface area contributed by atoms with E-state index >= 15 is 0 Å². The summed E-state index contributed by atoms with van der Waals surface area (Å²) in [5.41, 5.74) is 4.96. The van der Waals surface area contributed by atoms with Crippen molar-refractivity contribution in [2.45, 2.75) is 0 Å². The van der Waals surface area contributed by atoms with Crippen molar-refractivity contribution in [3.05, 3.63) is 0 Å². The predicted octanol–water partition coefficient (Wildman–Crippen LogP) is -1.22. The van der Waals surface area contributed by atoms with Crippen molar-refractivity contribution < 1.29 is 19.5 Å². The topological polar surface area (TPSA) is 80.5 Å². The number of anilines is 1. The standard InChI is InChI=1S/CH3N5.Zn/c2-1-3-5-6-4-1;/h(H3,2,3,4,5,6);/q;+2. The first kappa shape index (κ1) is 6.49. The molecule has 0 amide bonds. The van der Waals surface area contributed by atoms with Gasteiger partial charge in [0.25, 0.3) is 5.95 Å². The van der Waals surface area contributed by atoms with Gasteiger partial charge in [0.15, 0.2) is 0 Å². The number of aromatic nitrogens is 4. The maximum Gasteiger partial charge on any atom is 2.00 e. The van der Waals surface area contributed by atoms with E-state index in [0.29, 0.717) is 0 Å². The summed E-state index contributed by atoms with van der Waals surface area (Å²) in [4.78, 5) is 0. The zero-order chi connectivity index (χ0) is 4.41. The number of H-pyrrole nitrogens is 1. The molecular weight excluding hydrogens is 147 g/mol.